The molecule has 0 aliphatic carbocycles. The zero-order valence-electron chi connectivity index (χ0n) is 8.19. The summed E-state index contributed by atoms with van der Waals surface area (Å²) < 4.78 is 1.84. The smallest absolute Gasteiger partial charge is 0.141 e. The molecule has 0 radical (unpaired) electrons. The standard InChI is InChI=1S/C9H12N4S/c1-10-5-7-6-14-9(12-7)8-3-4-11-13(8)2/h3-4,6,10H,5H2,1-2H3. The normalized spacial score (nSPS) is 10.7. The lowest BCUT2D eigenvalue weighted by Crippen LogP contribution is -2.05. The van der Waals surface area contributed by atoms with Gasteiger partial charge in [-0.25, -0.2) is 4.98 Å². The van der Waals surface area contributed by atoms with E-state index < -0.39 is 0 Å². The number of thiazole rings is 1. The maximum Gasteiger partial charge on any atom is 0.141 e. The number of aryl methyl sites for hydroxylation is 1. The minimum atomic E-state index is 0.814. The molecule has 2 aromatic heterocycles. The molecule has 0 saturated carbocycles. The zero-order chi connectivity index (χ0) is 9.97. The lowest BCUT2D eigenvalue weighted by Gasteiger charge is -1.95. The van der Waals surface area contributed by atoms with Gasteiger partial charge in [0.15, 0.2) is 0 Å². The van der Waals surface area contributed by atoms with Gasteiger partial charge >= 0.3 is 0 Å². The van der Waals surface area contributed by atoms with Crippen LogP contribution in [0, 0.1) is 0 Å². The lowest BCUT2D eigenvalue weighted by atomic mass is 10.4. The van der Waals surface area contributed by atoms with Gasteiger partial charge in [0.05, 0.1) is 11.4 Å². The van der Waals surface area contributed by atoms with Gasteiger partial charge in [-0.2, -0.15) is 5.10 Å². The summed E-state index contributed by atoms with van der Waals surface area (Å²) in [5.74, 6) is 0. The summed E-state index contributed by atoms with van der Waals surface area (Å²) >= 11 is 1.65. The van der Waals surface area contributed by atoms with Crippen LogP contribution in [-0.4, -0.2) is 21.8 Å². The van der Waals surface area contributed by atoms with E-state index >= 15 is 0 Å². The van der Waals surface area contributed by atoms with Crippen LogP contribution in [0.4, 0.5) is 0 Å². The van der Waals surface area contributed by atoms with Crippen molar-refractivity contribution in [1.82, 2.24) is 20.1 Å². The van der Waals surface area contributed by atoms with Crippen molar-refractivity contribution in [3.05, 3.63) is 23.3 Å². The third-order valence-corrected chi connectivity index (χ3v) is 2.86. The molecule has 0 bridgehead atoms. The predicted octanol–water partition coefficient (Wildman–Crippen LogP) is 1.26. The number of rotatable bonds is 3. The van der Waals surface area contributed by atoms with E-state index in [-0.39, 0.29) is 0 Å². The van der Waals surface area contributed by atoms with Gasteiger partial charge in [-0.05, 0) is 13.1 Å². The van der Waals surface area contributed by atoms with Gasteiger partial charge in [-0.3, -0.25) is 4.68 Å². The van der Waals surface area contributed by atoms with Crippen molar-refractivity contribution in [2.75, 3.05) is 7.05 Å². The van der Waals surface area contributed by atoms with Crippen molar-refractivity contribution < 1.29 is 0 Å². The van der Waals surface area contributed by atoms with E-state index in [1.165, 1.54) is 0 Å². The Kier molecular flexibility index (Phi) is 2.60. The highest BCUT2D eigenvalue weighted by molar-refractivity contribution is 7.13. The molecule has 0 atom stereocenters. The van der Waals surface area contributed by atoms with Crippen molar-refractivity contribution in [2.45, 2.75) is 6.54 Å². The van der Waals surface area contributed by atoms with Crippen LogP contribution in [-0.2, 0) is 13.6 Å². The van der Waals surface area contributed by atoms with E-state index in [9.17, 15) is 0 Å². The molecule has 0 amide bonds. The molecule has 5 heteroatoms. The molecule has 0 saturated heterocycles. The Balaban J connectivity index is 2.29. The molecule has 14 heavy (non-hydrogen) atoms. The first-order chi connectivity index (χ1) is 6.81. The Morgan fingerprint density at radius 1 is 1.57 bits per heavy atom. The van der Waals surface area contributed by atoms with Crippen molar-refractivity contribution in [3.8, 4) is 10.7 Å². The second-order valence-corrected chi connectivity index (χ2v) is 3.87. The first-order valence-corrected chi connectivity index (χ1v) is 5.26. The largest absolute Gasteiger partial charge is 0.314 e. The van der Waals surface area contributed by atoms with Gasteiger partial charge in [0, 0.05) is 25.2 Å². The Hall–Kier alpha value is -1.20. The summed E-state index contributed by atoms with van der Waals surface area (Å²) in [5, 5.41) is 10.3. The summed E-state index contributed by atoms with van der Waals surface area (Å²) in [6, 6.07) is 1.97. The minimum absolute atomic E-state index is 0.814. The lowest BCUT2D eigenvalue weighted by molar-refractivity contribution is 0.771. The van der Waals surface area contributed by atoms with Gasteiger partial charge in [-0.1, -0.05) is 0 Å². The third kappa shape index (κ3) is 1.69. The van der Waals surface area contributed by atoms with Crippen LogP contribution < -0.4 is 5.32 Å². The Labute approximate surface area is 86.6 Å². The molecular weight excluding hydrogens is 196 g/mol. The van der Waals surface area contributed by atoms with Crippen LogP contribution in [0.1, 0.15) is 5.69 Å². The Morgan fingerprint density at radius 3 is 3.07 bits per heavy atom. The maximum absolute atomic E-state index is 4.50. The average Bonchev–Trinajstić information content (AvgIpc) is 2.74. The molecule has 0 aliphatic rings. The molecule has 0 fully saturated rings. The van der Waals surface area contributed by atoms with Gasteiger partial charge < -0.3 is 5.32 Å². The van der Waals surface area contributed by atoms with Crippen molar-refractivity contribution >= 4 is 11.3 Å². The monoisotopic (exact) mass is 208 g/mol. The fourth-order valence-corrected chi connectivity index (χ4v) is 2.15. The molecule has 0 unspecified atom stereocenters. The SMILES string of the molecule is CNCc1csc(-c2ccnn2C)n1. The van der Waals surface area contributed by atoms with Crippen LogP contribution in [0.3, 0.4) is 0 Å². The van der Waals surface area contributed by atoms with Crippen LogP contribution in [0.15, 0.2) is 17.6 Å². The van der Waals surface area contributed by atoms with E-state index in [1.807, 2.05) is 24.8 Å². The molecule has 0 aliphatic heterocycles. The molecule has 0 aromatic carbocycles. The molecular formula is C9H12N4S. The van der Waals surface area contributed by atoms with Crippen molar-refractivity contribution in [1.29, 1.82) is 0 Å². The second kappa shape index (κ2) is 3.89. The van der Waals surface area contributed by atoms with Crippen molar-refractivity contribution in [2.24, 2.45) is 7.05 Å². The molecule has 1 N–H and O–H groups in total. The highest BCUT2D eigenvalue weighted by Gasteiger charge is 2.06. The number of hydrogen-bond donors (Lipinski definition) is 1. The minimum Gasteiger partial charge on any atom is -0.314 e. The zero-order valence-corrected chi connectivity index (χ0v) is 9.01. The highest BCUT2D eigenvalue weighted by atomic mass is 32.1. The number of nitrogens with one attached hydrogen (secondary N) is 1. The van der Waals surface area contributed by atoms with Crippen LogP contribution in [0.25, 0.3) is 10.7 Å². The Bertz CT molecular complexity index is 418. The van der Waals surface area contributed by atoms with E-state index in [2.05, 4.69) is 20.8 Å². The third-order valence-electron chi connectivity index (χ3n) is 1.95. The molecule has 2 rings (SSSR count). The van der Waals surface area contributed by atoms with Gasteiger partial charge in [-0.15, -0.1) is 11.3 Å². The summed E-state index contributed by atoms with van der Waals surface area (Å²) in [6.45, 7) is 0.814. The van der Waals surface area contributed by atoms with E-state index in [0.29, 0.717) is 0 Å². The van der Waals surface area contributed by atoms with Gasteiger partial charge in [0.1, 0.15) is 5.01 Å². The summed E-state index contributed by atoms with van der Waals surface area (Å²) in [7, 11) is 3.84. The van der Waals surface area contributed by atoms with Crippen LogP contribution >= 0.6 is 11.3 Å². The second-order valence-electron chi connectivity index (χ2n) is 3.01. The Morgan fingerprint density at radius 2 is 2.43 bits per heavy atom. The number of aromatic nitrogens is 3. The number of nitrogens with zero attached hydrogens (tertiary/aromatic N) is 3. The van der Waals surface area contributed by atoms with Crippen molar-refractivity contribution in [3.63, 3.8) is 0 Å². The molecule has 4 nitrogen and oxygen atoms in total. The molecule has 0 spiro atoms. The van der Waals surface area contributed by atoms with Crippen LogP contribution in [0.5, 0.6) is 0 Å². The van der Waals surface area contributed by atoms with Crippen LogP contribution in [0.2, 0.25) is 0 Å². The fourth-order valence-electron chi connectivity index (χ4n) is 1.27. The maximum atomic E-state index is 4.50. The fraction of sp³-hybridized carbons (Fsp3) is 0.333. The van der Waals surface area contributed by atoms with Gasteiger partial charge in [0.2, 0.25) is 0 Å². The quantitative estimate of drug-likeness (QED) is 0.826. The molecule has 2 heterocycles. The summed E-state index contributed by atoms with van der Waals surface area (Å²) in [6.07, 6.45) is 1.79. The topological polar surface area (TPSA) is 42.7 Å². The highest BCUT2D eigenvalue weighted by Crippen LogP contribution is 2.22. The van der Waals surface area contributed by atoms with E-state index in [0.717, 1.165) is 22.9 Å². The summed E-state index contributed by atoms with van der Waals surface area (Å²) in [4.78, 5) is 4.50. The predicted molar refractivity (Wildman–Crippen MR) is 57.1 cm³/mol. The van der Waals surface area contributed by atoms with Gasteiger partial charge in [0.25, 0.3) is 0 Å². The first-order valence-electron chi connectivity index (χ1n) is 4.38. The summed E-state index contributed by atoms with van der Waals surface area (Å²) in [5.41, 5.74) is 2.14. The average molecular weight is 208 g/mol. The first kappa shape index (κ1) is 9.36. The molecule has 74 valence electrons. The number of hydrogen-bond acceptors (Lipinski definition) is 4. The van der Waals surface area contributed by atoms with E-state index in [4.69, 9.17) is 0 Å². The molecule has 2 aromatic rings. The van der Waals surface area contributed by atoms with E-state index in [1.54, 1.807) is 17.5 Å².